The minimum atomic E-state index is -1.000. The van der Waals surface area contributed by atoms with Crippen molar-refractivity contribution in [1.29, 1.82) is 0 Å². The van der Waals surface area contributed by atoms with Gasteiger partial charge in [-0.3, -0.25) is 0 Å². The van der Waals surface area contributed by atoms with Gasteiger partial charge in [0, 0.05) is 30.1 Å². The fraction of sp³-hybridized carbons (Fsp3) is 0.200. The number of rotatable bonds is 12. The first-order valence-electron chi connectivity index (χ1n) is 14.3. The van der Waals surface area contributed by atoms with Gasteiger partial charge in [-0.25, -0.2) is 4.79 Å². The summed E-state index contributed by atoms with van der Waals surface area (Å²) >= 11 is 0. The highest BCUT2D eigenvalue weighted by Crippen LogP contribution is 2.38. The van der Waals surface area contributed by atoms with Gasteiger partial charge in [0.2, 0.25) is 0 Å². The predicted molar refractivity (Wildman–Crippen MR) is 170 cm³/mol. The zero-order valence-electron chi connectivity index (χ0n) is 24.8. The lowest BCUT2D eigenvalue weighted by atomic mass is 10.0. The molecule has 224 valence electrons. The van der Waals surface area contributed by atoms with E-state index in [1.807, 2.05) is 108 Å². The molecule has 0 fully saturated rings. The number of ether oxygens (including phenoxy) is 3. The highest BCUT2D eigenvalue weighted by atomic mass is 16.5. The van der Waals surface area contributed by atoms with Gasteiger partial charge < -0.3 is 33.2 Å². The number of fused-ring (bicyclic) bond motifs is 2. The van der Waals surface area contributed by atoms with Gasteiger partial charge in [-0.05, 0) is 72.1 Å². The quantitative estimate of drug-likeness (QED) is 0.164. The van der Waals surface area contributed by atoms with Crippen LogP contribution in [0.5, 0.6) is 17.2 Å². The largest absolute Gasteiger partial charge is 0.497 e. The third-order valence-corrected chi connectivity index (χ3v) is 7.68. The Labute approximate surface area is 254 Å². The van der Waals surface area contributed by atoms with E-state index >= 15 is 0 Å². The number of hydrogen-bond acceptors (Lipinski definition) is 7. The van der Waals surface area contributed by atoms with Crippen molar-refractivity contribution in [1.82, 2.24) is 9.55 Å². The van der Waals surface area contributed by atoms with E-state index in [4.69, 9.17) is 18.6 Å². The standard InChI is InChI=1S/C35H33N3O6/c1-37(35-36-29-9-4-5-10-31(29)44-35)19-20-43-27-15-16-30-28(22-27)32(24-11-13-25(41-2)14-12-24)33(34(39)40)38(30)18-17-23-7-6-8-26(21-23)42-3/h4-16,21-22H,17-20H2,1-3H3,(H,39,40). The molecule has 6 rings (SSSR count). The van der Waals surface area contributed by atoms with Crippen molar-refractivity contribution in [2.24, 2.45) is 0 Å². The summed E-state index contributed by atoms with van der Waals surface area (Å²) in [4.78, 5) is 19.3. The molecule has 0 amide bonds. The van der Waals surface area contributed by atoms with Crippen LogP contribution in [0.3, 0.4) is 0 Å². The zero-order valence-corrected chi connectivity index (χ0v) is 24.8. The van der Waals surface area contributed by atoms with E-state index in [1.54, 1.807) is 14.2 Å². The second kappa shape index (κ2) is 12.4. The number of carboxylic acid groups (broad SMARTS) is 1. The summed E-state index contributed by atoms with van der Waals surface area (Å²) in [6, 6.07) is 29.2. The van der Waals surface area contributed by atoms with E-state index < -0.39 is 5.97 Å². The van der Waals surface area contributed by atoms with Crippen LogP contribution in [0.4, 0.5) is 6.01 Å². The molecule has 9 heteroatoms. The van der Waals surface area contributed by atoms with Crippen LogP contribution in [0, 0.1) is 0 Å². The summed E-state index contributed by atoms with van der Waals surface area (Å²) in [6.07, 6.45) is 0.629. The predicted octanol–water partition coefficient (Wildman–Crippen LogP) is 6.92. The van der Waals surface area contributed by atoms with E-state index in [-0.39, 0.29) is 5.69 Å². The van der Waals surface area contributed by atoms with E-state index in [1.165, 1.54) is 0 Å². The molecule has 2 aromatic heterocycles. The first-order chi connectivity index (χ1) is 21.4. The summed E-state index contributed by atoms with van der Waals surface area (Å²) in [6.45, 7) is 1.38. The maximum absolute atomic E-state index is 12.8. The molecule has 0 bridgehead atoms. The van der Waals surface area contributed by atoms with Crippen LogP contribution >= 0.6 is 0 Å². The monoisotopic (exact) mass is 591 g/mol. The van der Waals surface area contributed by atoms with E-state index in [0.29, 0.717) is 49.2 Å². The number of anilines is 1. The molecular formula is C35H33N3O6. The molecule has 9 nitrogen and oxygen atoms in total. The van der Waals surface area contributed by atoms with Crippen LogP contribution in [-0.2, 0) is 13.0 Å². The number of aromatic carboxylic acids is 1. The fourth-order valence-electron chi connectivity index (χ4n) is 5.42. The highest BCUT2D eigenvalue weighted by Gasteiger charge is 2.24. The van der Waals surface area contributed by atoms with Crippen LogP contribution in [0.15, 0.2) is 95.4 Å². The van der Waals surface area contributed by atoms with Crippen molar-refractivity contribution >= 4 is 34.0 Å². The Balaban J connectivity index is 1.31. The normalized spacial score (nSPS) is 11.2. The van der Waals surface area contributed by atoms with Crippen molar-refractivity contribution < 1.29 is 28.5 Å². The SMILES string of the molecule is COc1ccc(-c2c(C(=O)O)n(CCc3cccc(OC)c3)c3ccc(OCCN(C)c4nc5ccccc5o4)cc23)cc1. The molecule has 6 aromatic rings. The number of aryl methyl sites for hydroxylation is 2. The number of oxazole rings is 1. The smallest absolute Gasteiger partial charge is 0.353 e. The number of likely N-dealkylation sites (N-methyl/N-ethyl adjacent to an activating group) is 1. The molecule has 0 aliphatic rings. The molecule has 44 heavy (non-hydrogen) atoms. The molecule has 0 aliphatic carbocycles. The van der Waals surface area contributed by atoms with Gasteiger partial charge >= 0.3 is 5.97 Å². The lowest BCUT2D eigenvalue weighted by molar-refractivity contribution is 0.0686. The second-order valence-electron chi connectivity index (χ2n) is 10.4. The molecule has 1 N–H and O–H groups in total. The Kier molecular flexibility index (Phi) is 8.10. The van der Waals surface area contributed by atoms with Crippen LogP contribution < -0.4 is 19.1 Å². The van der Waals surface area contributed by atoms with Gasteiger partial charge in [0.1, 0.15) is 35.1 Å². The third-order valence-electron chi connectivity index (χ3n) is 7.68. The molecule has 2 heterocycles. The minimum Gasteiger partial charge on any atom is -0.497 e. The zero-order chi connectivity index (χ0) is 30.6. The van der Waals surface area contributed by atoms with Gasteiger partial charge in [-0.15, -0.1) is 0 Å². The molecule has 0 saturated carbocycles. The molecule has 0 aliphatic heterocycles. The molecule has 0 spiro atoms. The number of benzene rings is 4. The van der Waals surface area contributed by atoms with Gasteiger partial charge in [0.25, 0.3) is 6.01 Å². The fourth-order valence-corrected chi connectivity index (χ4v) is 5.42. The van der Waals surface area contributed by atoms with E-state index in [0.717, 1.165) is 38.9 Å². The maximum atomic E-state index is 12.8. The van der Waals surface area contributed by atoms with Crippen molar-refractivity contribution in [2.75, 3.05) is 39.3 Å². The number of carbonyl (C=O) groups is 1. The molecule has 4 aromatic carbocycles. The van der Waals surface area contributed by atoms with E-state index in [2.05, 4.69) is 4.98 Å². The van der Waals surface area contributed by atoms with Gasteiger partial charge in [-0.2, -0.15) is 4.98 Å². The Morgan fingerprint density at radius 1 is 0.909 bits per heavy atom. The van der Waals surface area contributed by atoms with Gasteiger partial charge in [-0.1, -0.05) is 36.4 Å². The third kappa shape index (κ3) is 5.76. The van der Waals surface area contributed by atoms with Gasteiger partial charge in [0.05, 0.1) is 20.8 Å². The van der Waals surface area contributed by atoms with Gasteiger partial charge in [0.15, 0.2) is 5.58 Å². The topological polar surface area (TPSA) is 99.2 Å². The average molecular weight is 592 g/mol. The number of carboxylic acids is 1. The Hall–Kier alpha value is -5.44. The van der Waals surface area contributed by atoms with Crippen molar-refractivity contribution in [3.63, 3.8) is 0 Å². The summed E-state index contributed by atoms with van der Waals surface area (Å²) in [5.74, 6) is 1.10. The number of hydrogen-bond donors (Lipinski definition) is 1. The Morgan fingerprint density at radius 2 is 1.68 bits per heavy atom. The molecule has 0 radical (unpaired) electrons. The molecule has 0 saturated heterocycles. The first kappa shape index (κ1) is 28.7. The van der Waals surface area contributed by atoms with Crippen LogP contribution in [0.25, 0.3) is 33.1 Å². The Bertz CT molecular complexity index is 1890. The number of methoxy groups -OCH3 is 2. The molecule has 0 atom stereocenters. The summed E-state index contributed by atoms with van der Waals surface area (Å²) in [5.41, 5.74) is 5.04. The van der Waals surface area contributed by atoms with Crippen LogP contribution in [-0.4, -0.2) is 55.0 Å². The highest BCUT2D eigenvalue weighted by molar-refractivity contribution is 6.08. The van der Waals surface area contributed by atoms with Crippen LogP contribution in [0.2, 0.25) is 0 Å². The number of aromatic nitrogens is 2. The molecular weight excluding hydrogens is 558 g/mol. The first-order valence-corrected chi connectivity index (χ1v) is 14.3. The lowest BCUT2D eigenvalue weighted by Crippen LogP contribution is -2.23. The number of para-hydroxylation sites is 2. The lowest BCUT2D eigenvalue weighted by Gasteiger charge is -2.15. The molecule has 0 unspecified atom stereocenters. The Morgan fingerprint density at radius 3 is 2.43 bits per heavy atom. The second-order valence-corrected chi connectivity index (χ2v) is 10.4. The van der Waals surface area contributed by atoms with Crippen molar-refractivity contribution in [2.45, 2.75) is 13.0 Å². The summed E-state index contributed by atoms with van der Waals surface area (Å²) in [7, 11) is 5.14. The van der Waals surface area contributed by atoms with Crippen molar-refractivity contribution in [3.05, 3.63) is 102 Å². The average Bonchev–Trinajstić information content (AvgIpc) is 3.63. The maximum Gasteiger partial charge on any atom is 0.353 e. The number of nitrogens with zero attached hydrogens (tertiary/aromatic N) is 3. The summed E-state index contributed by atoms with van der Waals surface area (Å²) in [5, 5.41) is 11.3. The van der Waals surface area contributed by atoms with Crippen molar-refractivity contribution in [3.8, 4) is 28.4 Å². The van der Waals surface area contributed by atoms with Crippen LogP contribution in [0.1, 0.15) is 16.1 Å². The summed E-state index contributed by atoms with van der Waals surface area (Å²) < 4.78 is 24.6. The minimum absolute atomic E-state index is 0.223. The van der Waals surface area contributed by atoms with E-state index in [9.17, 15) is 9.90 Å².